The number of nitrogens with one attached hydrogen (secondary N) is 3. The third-order valence-corrected chi connectivity index (χ3v) is 3.98. The van der Waals surface area contributed by atoms with E-state index in [4.69, 9.17) is 9.47 Å². The molecule has 3 N–H and O–H groups in total. The molecule has 9 nitrogen and oxygen atoms in total. The number of hydrogen-bond donors (Lipinski definition) is 3. The number of imidazole rings is 1. The van der Waals surface area contributed by atoms with Crippen molar-refractivity contribution in [2.24, 2.45) is 0 Å². The maximum absolute atomic E-state index is 12.1. The monoisotopic (exact) mass is 496 g/mol. The fraction of sp³-hybridized carbons (Fsp3) is 0.600. The van der Waals surface area contributed by atoms with Gasteiger partial charge in [0.25, 0.3) is 0 Å². The zero-order valence-corrected chi connectivity index (χ0v) is 18.1. The number of carbonyl (C=O) groups excluding carboxylic acids is 3. The Bertz CT molecular complexity index is 657. The van der Waals surface area contributed by atoms with E-state index < -0.39 is 29.6 Å². The van der Waals surface area contributed by atoms with Crippen molar-refractivity contribution in [2.75, 3.05) is 13.7 Å². The first kappa shape index (κ1) is 22.4. The quantitative estimate of drug-likeness (QED) is 0.495. The molecule has 0 bridgehead atoms. The third kappa shape index (κ3) is 8.17. The maximum atomic E-state index is 12.1. The maximum Gasteiger partial charge on any atom is 0.407 e. The van der Waals surface area contributed by atoms with Gasteiger partial charge in [0, 0.05) is 19.4 Å². The van der Waals surface area contributed by atoms with E-state index in [2.05, 4.69) is 52.5 Å². The van der Waals surface area contributed by atoms with E-state index in [-0.39, 0.29) is 19.4 Å². The van der Waals surface area contributed by atoms with Crippen LogP contribution >= 0.6 is 31.9 Å². The molecule has 146 valence electrons. The number of amides is 2. The van der Waals surface area contributed by atoms with E-state index in [1.807, 2.05) is 0 Å². The summed E-state index contributed by atoms with van der Waals surface area (Å²) in [5, 5.41) is 5.07. The molecule has 0 aliphatic carbocycles. The molecule has 0 aromatic carbocycles. The number of hydrogen-bond acceptors (Lipinski definition) is 6. The van der Waals surface area contributed by atoms with Crippen LogP contribution < -0.4 is 10.6 Å². The SMILES string of the molecule is COC(=O)[C@H](Cc1[nH]c(Br)nc1Br)NC(=O)CCNC(=O)OC(C)(C)C. The second-order valence-electron chi connectivity index (χ2n) is 6.32. The van der Waals surface area contributed by atoms with E-state index >= 15 is 0 Å². The van der Waals surface area contributed by atoms with Crippen LogP contribution in [0.3, 0.4) is 0 Å². The number of ether oxygens (including phenoxy) is 2. The minimum atomic E-state index is -0.891. The lowest BCUT2D eigenvalue weighted by Gasteiger charge is -2.20. The number of esters is 1. The van der Waals surface area contributed by atoms with E-state index in [0.717, 1.165) is 0 Å². The van der Waals surface area contributed by atoms with Crippen molar-refractivity contribution in [3.05, 3.63) is 15.0 Å². The molecule has 1 heterocycles. The Balaban J connectivity index is 2.54. The molecule has 0 unspecified atom stereocenters. The van der Waals surface area contributed by atoms with Crippen molar-refractivity contribution in [3.8, 4) is 0 Å². The molecule has 2 amide bonds. The summed E-state index contributed by atoms with van der Waals surface area (Å²) < 4.78 is 10.8. The first-order valence-electron chi connectivity index (χ1n) is 7.75. The number of nitrogens with zero attached hydrogens (tertiary/aromatic N) is 1. The summed E-state index contributed by atoms with van der Waals surface area (Å²) in [6, 6.07) is -0.891. The van der Waals surface area contributed by atoms with Gasteiger partial charge in [0.2, 0.25) is 5.91 Å². The number of H-pyrrole nitrogens is 1. The summed E-state index contributed by atoms with van der Waals surface area (Å²) in [4.78, 5) is 42.5. The summed E-state index contributed by atoms with van der Waals surface area (Å²) in [5.41, 5.74) is 0.00749. The van der Waals surface area contributed by atoms with Crippen molar-refractivity contribution in [2.45, 2.75) is 45.3 Å². The predicted molar refractivity (Wildman–Crippen MR) is 100 cm³/mol. The van der Waals surface area contributed by atoms with Crippen LogP contribution in [0.4, 0.5) is 4.79 Å². The Labute approximate surface area is 168 Å². The van der Waals surface area contributed by atoms with Gasteiger partial charge in [-0.25, -0.2) is 14.6 Å². The lowest BCUT2D eigenvalue weighted by molar-refractivity contribution is -0.145. The van der Waals surface area contributed by atoms with Gasteiger partial charge in [-0.1, -0.05) is 0 Å². The standard InChI is InChI=1S/C15H22Br2N4O5/c1-15(2,3)26-14(24)18-6-5-10(22)19-9(12(23)25-4)7-8-11(16)21-13(17)20-8/h9H,5-7H2,1-4H3,(H,18,24)(H,19,22)(H,20,21)/t9-/m0/s1. The largest absolute Gasteiger partial charge is 0.467 e. The van der Waals surface area contributed by atoms with E-state index in [1.165, 1.54) is 7.11 Å². The normalized spacial score (nSPS) is 12.2. The molecule has 26 heavy (non-hydrogen) atoms. The lowest BCUT2D eigenvalue weighted by atomic mass is 10.1. The van der Waals surface area contributed by atoms with Gasteiger partial charge >= 0.3 is 12.1 Å². The number of rotatable bonds is 7. The van der Waals surface area contributed by atoms with Gasteiger partial charge in [-0.2, -0.15) is 0 Å². The van der Waals surface area contributed by atoms with Crippen molar-refractivity contribution in [1.29, 1.82) is 0 Å². The molecule has 0 saturated heterocycles. The van der Waals surface area contributed by atoms with E-state index in [1.54, 1.807) is 20.8 Å². The Morgan fingerprint density at radius 3 is 2.42 bits per heavy atom. The highest BCUT2D eigenvalue weighted by molar-refractivity contribution is 9.11. The van der Waals surface area contributed by atoms with Crippen LogP contribution in [0.15, 0.2) is 9.34 Å². The predicted octanol–water partition coefficient (Wildman–Crippen LogP) is 2.05. The van der Waals surface area contributed by atoms with Gasteiger partial charge in [-0.15, -0.1) is 0 Å². The van der Waals surface area contributed by atoms with Crippen molar-refractivity contribution in [3.63, 3.8) is 0 Å². The first-order valence-corrected chi connectivity index (χ1v) is 9.34. The van der Waals surface area contributed by atoms with Gasteiger partial charge in [-0.05, 0) is 52.6 Å². The van der Waals surface area contributed by atoms with Crippen LogP contribution in [0.2, 0.25) is 0 Å². The molecule has 0 aliphatic rings. The summed E-state index contributed by atoms with van der Waals surface area (Å²) in [6.45, 7) is 5.30. The number of halogens is 2. The topological polar surface area (TPSA) is 122 Å². The highest BCUT2D eigenvalue weighted by atomic mass is 79.9. The Morgan fingerprint density at radius 2 is 1.92 bits per heavy atom. The molecule has 1 aromatic heterocycles. The molecule has 0 saturated carbocycles. The third-order valence-electron chi connectivity index (χ3n) is 2.95. The van der Waals surface area contributed by atoms with Gasteiger partial charge in [-0.3, -0.25) is 4.79 Å². The summed E-state index contributed by atoms with van der Waals surface area (Å²) >= 11 is 6.46. The molecule has 11 heteroatoms. The van der Waals surface area contributed by atoms with Crippen molar-refractivity contribution < 1.29 is 23.9 Å². The Morgan fingerprint density at radius 1 is 1.27 bits per heavy atom. The van der Waals surface area contributed by atoms with Gasteiger partial charge in [0.15, 0.2) is 4.73 Å². The second-order valence-corrected chi connectivity index (χ2v) is 7.83. The van der Waals surface area contributed by atoms with Crippen molar-refractivity contribution >= 4 is 49.8 Å². The lowest BCUT2D eigenvalue weighted by Crippen LogP contribution is -2.44. The summed E-state index contributed by atoms with van der Waals surface area (Å²) in [6.07, 6.45) is -0.460. The molecule has 0 spiro atoms. The molecule has 1 aromatic rings. The van der Waals surface area contributed by atoms with Crippen LogP contribution in [0.5, 0.6) is 0 Å². The summed E-state index contributed by atoms with van der Waals surface area (Å²) in [5.74, 6) is -0.998. The van der Waals surface area contributed by atoms with Crippen LogP contribution in [0, 0.1) is 0 Å². The average molecular weight is 498 g/mol. The molecule has 0 fully saturated rings. The fourth-order valence-electron chi connectivity index (χ4n) is 1.89. The van der Waals surface area contributed by atoms with Crippen LogP contribution in [0.1, 0.15) is 32.9 Å². The minimum Gasteiger partial charge on any atom is -0.467 e. The van der Waals surface area contributed by atoms with Crippen LogP contribution in [-0.4, -0.2) is 53.2 Å². The number of alkyl carbamates (subject to hydrolysis) is 1. The first-order chi connectivity index (χ1) is 12.0. The fourth-order valence-corrected chi connectivity index (χ4v) is 2.98. The number of carbonyl (C=O) groups is 3. The van der Waals surface area contributed by atoms with Crippen LogP contribution in [-0.2, 0) is 25.5 Å². The van der Waals surface area contributed by atoms with E-state index in [0.29, 0.717) is 15.0 Å². The molecular formula is C15H22Br2N4O5. The Kier molecular flexibility index (Phi) is 8.54. The highest BCUT2D eigenvalue weighted by Crippen LogP contribution is 2.18. The van der Waals surface area contributed by atoms with Gasteiger partial charge < -0.3 is 25.1 Å². The second kappa shape index (κ2) is 9.91. The zero-order valence-electron chi connectivity index (χ0n) is 14.9. The van der Waals surface area contributed by atoms with Crippen LogP contribution in [0.25, 0.3) is 0 Å². The molecular weight excluding hydrogens is 476 g/mol. The summed E-state index contributed by atoms with van der Waals surface area (Å²) in [7, 11) is 1.24. The molecule has 1 atom stereocenters. The van der Waals surface area contributed by atoms with E-state index in [9.17, 15) is 14.4 Å². The number of aromatic amines is 1. The number of methoxy groups -OCH3 is 1. The van der Waals surface area contributed by atoms with Crippen molar-refractivity contribution in [1.82, 2.24) is 20.6 Å². The molecule has 0 aliphatic heterocycles. The number of aromatic nitrogens is 2. The molecule has 1 rings (SSSR count). The minimum absolute atomic E-state index is 0.0133. The molecule has 0 radical (unpaired) electrons. The Hall–Kier alpha value is -1.62. The zero-order chi connectivity index (χ0) is 19.9. The average Bonchev–Trinajstić information content (AvgIpc) is 2.81. The smallest absolute Gasteiger partial charge is 0.407 e. The van der Waals surface area contributed by atoms with Gasteiger partial charge in [0.05, 0.1) is 12.8 Å². The highest BCUT2D eigenvalue weighted by Gasteiger charge is 2.24. The van der Waals surface area contributed by atoms with Gasteiger partial charge in [0.1, 0.15) is 16.2 Å².